The highest BCUT2D eigenvalue weighted by atomic mass is 35.5. The lowest BCUT2D eigenvalue weighted by atomic mass is 10.1. The first kappa shape index (κ1) is 21.6. The normalized spacial score (nSPS) is 14.9. The van der Waals surface area contributed by atoms with Crippen LogP contribution in [0, 0.1) is 10.1 Å². The average Bonchev–Trinajstić information content (AvgIpc) is 2.71. The summed E-state index contributed by atoms with van der Waals surface area (Å²) in [5, 5.41) is 16.7. The number of amides is 2. The molecule has 30 heavy (non-hydrogen) atoms. The highest BCUT2D eigenvalue weighted by Crippen LogP contribution is 2.27. The summed E-state index contributed by atoms with van der Waals surface area (Å²) in [5.74, 6) is -0.158. The van der Waals surface area contributed by atoms with Crippen molar-refractivity contribution >= 4 is 40.5 Å². The molecule has 2 N–H and O–H groups in total. The zero-order valence-corrected chi connectivity index (χ0v) is 17.3. The van der Waals surface area contributed by atoms with Crippen LogP contribution in [-0.2, 0) is 16.1 Å². The van der Waals surface area contributed by atoms with Crippen LogP contribution in [0.1, 0.15) is 31.7 Å². The van der Waals surface area contributed by atoms with Crippen LogP contribution < -0.4 is 10.6 Å². The van der Waals surface area contributed by atoms with Crippen LogP contribution in [0.3, 0.4) is 0 Å². The number of rotatable bonds is 7. The number of nitro benzene ring substituents is 1. The van der Waals surface area contributed by atoms with Crippen molar-refractivity contribution in [2.75, 3.05) is 17.2 Å². The minimum Gasteiger partial charge on any atom is -0.374 e. The Morgan fingerprint density at radius 3 is 2.77 bits per heavy atom. The summed E-state index contributed by atoms with van der Waals surface area (Å²) >= 11 is 6.04. The van der Waals surface area contributed by atoms with Crippen molar-refractivity contribution < 1.29 is 14.5 Å². The lowest BCUT2D eigenvalue weighted by Gasteiger charge is -2.27. The van der Waals surface area contributed by atoms with Crippen LogP contribution in [-0.4, -0.2) is 34.2 Å². The molecule has 0 radical (unpaired) electrons. The molecule has 0 aliphatic carbocycles. The van der Waals surface area contributed by atoms with E-state index in [1.54, 1.807) is 6.92 Å². The molecular weight excluding hydrogens is 408 g/mol. The number of non-ortho nitro benzene ring substituents is 1. The standard InChI is InChI=1S/C21H23ClN4O4/c1-14(21(28)24-19-9-8-17(26(29)30)12-18(19)22)23-16-6-4-5-15(11-16)13-25-10-3-2-7-20(25)27/h4-6,8-9,11-12,14,23H,2-3,7,10,13H2,1H3,(H,24,28). The molecule has 1 atom stereocenters. The van der Waals surface area contributed by atoms with E-state index in [4.69, 9.17) is 11.6 Å². The van der Waals surface area contributed by atoms with Gasteiger partial charge in [-0.15, -0.1) is 0 Å². The Labute approximate surface area is 179 Å². The molecule has 1 heterocycles. The van der Waals surface area contributed by atoms with E-state index in [-0.39, 0.29) is 22.5 Å². The van der Waals surface area contributed by atoms with E-state index in [9.17, 15) is 19.7 Å². The molecule has 0 saturated carbocycles. The maximum absolute atomic E-state index is 12.5. The van der Waals surface area contributed by atoms with Gasteiger partial charge in [-0.1, -0.05) is 23.7 Å². The predicted octanol–water partition coefficient (Wildman–Crippen LogP) is 4.20. The summed E-state index contributed by atoms with van der Waals surface area (Å²) in [6.07, 6.45) is 2.56. The van der Waals surface area contributed by atoms with Crippen molar-refractivity contribution in [1.82, 2.24) is 4.90 Å². The Bertz CT molecular complexity index is 966. The molecule has 1 aliphatic heterocycles. The maximum Gasteiger partial charge on any atom is 0.271 e. The van der Waals surface area contributed by atoms with Gasteiger partial charge in [0.15, 0.2) is 0 Å². The maximum atomic E-state index is 12.5. The number of likely N-dealkylation sites (tertiary alicyclic amines) is 1. The van der Waals surface area contributed by atoms with E-state index in [0.717, 1.165) is 30.6 Å². The number of nitro groups is 1. The number of anilines is 2. The summed E-state index contributed by atoms with van der Waals surface area (Å²) in [7, 11) is 0. The van der Waals surface area contributed by atoms with E-state index in [0.29, 0.717) is 18.7 Å². The summed E-state index contributed by atoms with van der Waals surface area (Å²) < 4.78 is 0. The Morgan fingerprint density at radius 2 is 2.07 bits per heavy atom. The first-order valence-electron chi connectivity index (χ1n) is 9.71. The zero-order chi connectivity index (χ0) is 21.7. The molecule has 1 saturated heterocycles. The SMILES string of the molecule is CC(Nc1cccc(CN2CCCCC2=O)c1)C(=O)Nc1ccc([N+](=O)[O-])cc1Cl. The predicted molar refractivity (Wildman–Crippen MR) is 116 cm³/mol. The molecule has 2 aromatic carbocycles. The first-order valence-corrected chi connectivity index (χ1v) is 10.1. The first-order chi connectivity index (χ1) is 14.3. The molecule has 3 rings (SSSR count). The summed E-state index contributed by atoms with van der Waals surface area (Å²) in [4.78, 5) is 36.6. The third-order valence-electron chi connectivity index (χ3n) is 4.92. The van der Waals surface area contributed by atoms with Crippen molar-refractivity contribution in [3.63, 3.8) is 0 Å². The molecule has 158 valence electrons. The Balaban J connectivity index is 1.61. The summed E-state index contributed by atoms with van der Waals surface area (Å²) in [6.45, 7) is 3.02. The highest BCUT2D eigenvalue weighted by Gasteiger charge is 2.19. The van der Waals surface area contributed by atoms with Gasteiger partial charge in [-0.25, -0.2) is 0 Å². The fourth-order valence-electron chi connectivity index (χ4n) is 3.28. The second-order valence-corrected chi connectivity index (χ2v) is 7.66. The molecule has 2 amide bonds. The van der Waals surface area contributed by atoms with E-state index in [1.807, 2.05) is 29.2 Å². The van der Waals surface area contributed by atoms with Crippen molar-refractivity contribution in [3.05, 3.63) is 63.2 Å². The van der Waals surface area contributed by atoms with Gasteiger partial charge in [0.05, 0.1) is 15.6 Å². The molecule has 9 heteroatoms. The van der Waals surface area contributed by atoms with Crippen molar-refractivity contribution in [3.8, 4) is 0 Å². The van der Waals surface area contributed by atoms with Gasteiger partial charge >= 0.3 is 0 Å². The number of nitrogens with one attached hydrogen (secondary N) is 2. The Hall–Kier alpha value is -3.13. The number of piperidine rings is 1. The number of hydrogen-bond acceptors (Lipinski definition) is 5. The topological polar surface area (TPSA) is 105 Å². The summed E-state index contributed by atoms with van der Waals surface area (Å²) in [5.41, 5.74) is 1.90. The zero-order valence-electron chi connectivity index (χ0n) is 16.6. The molecule has 1 aliphatic rings. The molecule has 0 aromatic heterocycles. The second-order valence-electron chi connectivity index (χ2n) is 7.25. The number of benzene rings is 2. The number of hydrogen-bond donors (Lipinski definition) is 2. The minimum atomic E-state index is -0.580. The third kappa shape index (κ3) is 5.48. The molecular formula is C21H23ClN4O4. The largest absolute Gasteiger partial charge is 0.374 e. The van der Waals surface area contributed by atoms with Crippen LogP contribution in [0.4, 0.5) is 17.1 Å². The monoisotopic (exact) mass is 430 g/mol. The van der Waals surface area contributed by atoms with Crippen LogP contribution >= 0.6 is 11.6 Å². The van der Waals surface area contributed by atoms with E-state index >= 15 is 0 Å². The van der Waals surface area contributed by atoms with Gasteiger partial charge in [0.25, 0.3) is 5.69 Å². The quantitative estimate of drug-likeness (QED) is 0.506. The molecule has 8 nitrogen and oxygen atoms in total. The Morgan fingerprint density at radius 1 is 1.27 bits per heavy atom. The molecule has 1 unspecified atom stereocenters. The van der Waals surface area contributed by atoms with Crippen molar-refractivity contribution in [1.29, 1.82) is 0 Å². The van der Waals surface area contributed by atoms with Crippen LogP contribution in [0.15, 0.2) is 42.5 Å². The molecule has 1 fully saturated rings. The fourth-order valence-corrected chi connectivity index (χ4v) is 3.51. The van der Waals surface area contributed by atoms with E-state index in [2.05, 4.69) is 10.6 Å². The highest BCUT2D eigenvalue weighted by molar-refractivity contribution is 6.34. The summed E-state index contributed by atoms with van der Waals surface area (Å²) in [6, 6.07) is 10.9. The fraction of sp³-hybridized carbons (Fsp3) is 0.333. The number of halogens is 1. The third-order valence-corrected chi connectivity index (χ3v) is 5.23. The number of carbonyl (C=O) groups is 2. The van der Waals surface area contributed by atoms with E-state index in [1.165, 1.54) is 18.2 Å². The minimum absolute atomic E-state index is 0.0953. The number of nitrogens with zero attached hydrogens (tertiary/aromatic N) is 2. The number of carbonyl (C=O) groups excluding carboxylic acids is 2. The van der Waals surface area contributed by atoms with E-state index < -0.39 is 11.0 Å². The van der Waals surface area contributed by atoms with Gasteiger partial charge in [-0.3, -0.25) is 19.7 Å². The Kier molecular flexibility index (Phi) is 6.89. The van der Waals surface area contributed by atoms with Crippen LogP contribution in [0.5, 0.6) is 0 Å². The van der Waals surface area contributed by atoms with Gasteiger partial charge in [0.2, 0.25) is 11.8 Å². The van der Waals surface area contributed by atoms with Crippen molar-refractivity contribution in [2.24, 2.45) is 0 Å². The van der Waals surface area contributed by atoms with Gasteiger partial charge in [-0.05, 0) is 43.5 Å². The second kappa shape index (κ2) is 9.58. The van der Waals surface area contributed by atoms with Gasteiger partial charge in [0.1, 0.15) is 6.04 Å². The van der Waals surface area contributed by atoms with Gasteiger partial charge < -0.3 is 15.5 Å². The van der Waals surface area contributed by atoms with Gasteiger partial charge in [0, 0.05) is 37.3 Å². The molecule has 0 bridgehead atoms. The lowest BCUT2D eigenvalue weighted by Crippen LogP contribution is -2.34. The smallest absolute Gasteiger partial charge is 0.271 e. The average molecular weight is 431 g/mol. The molecule has 2 aromatic rings. The lowest BCUT2D eigenvalue weighted by molar-refractivity contribution is -0.384. The van der Waals surface area contributed by atoms with Crippen LogP contribution in [0.25, 0.3) is 0 Å². The van der Waals surface area contributed by atoms with Crippen molar-refractivity contribution in [2.45, 2.75) is 38.8 Å². The van der Waals surface area contributed by atoms with Gasteiger partial charge in [-0.2, -0.15) is 0 Å². The molecule has 0 spiro atoms. The van der Waals surface area contributed by atoms with Crippen LogP contribution in [0.2, 0.25) is 5.02 Å².